The van der Waals surface area contributed by atoms with Crippen molar-refractivity contribution in [1.82, 2.24) is 14.2 Å². The van der Waals surface area contributed by atoms with Gasteiger partial charge in [0.1, 0.15) is 11.6 Å². The number of nitrogens with zero attached hydrogens (tertiary/aromatic N) is 3. The van der Waals surface area contributed by atoms with E-state index in [4.69, 9.17) is 13.9 Å². The Balaban J connectivity index is 1.56. The average Bonchev–Trinajstić information content (AvgIpc) is 3.39. The Morgan fingerprint density at radius 1 is 0.976 bits per heavy atom. The highest BCUT2D eigenvalue weighted by Crippen LogP contribution is 2.58. The lowest BCUT2D eigenvalue weighted by molar-refractivity contribution is -0.164. The Hall–Kier alpha value is -3.73. The standard InChI is InChI=1S/C30H31FN3O7P/c1-3-39-42(38,40-4-2)27-18-24(41-33(27)19-21-11-6-5-7-12-21)20-32-26-16-9-8-15-25(26)29(36)34(30(32)37)28(35)22-13-10-14-23(31)17-22/h5-17,24,27H,3-4,18-20H2,1-2H3/t24-,27+/m0/s1. The average molecular weight is 596 g/mol. The lowest BCUT2D eigenvalue weighted by Crippen LogP contribution is -2.45. The second-order valence-corrected chi connectivity index (χ2v) is 11.9. The van der Waals surface area contributed by atoms with Gasteiger partial charge in [-0.1, -0.05) is 48.5 Å². The largest absolute Gasteiger partial charge is 0.350 e. The van der Waals surface area contributed by atoms with E-state index in [-0.39, 0.29) is 43.7 Å². The summed E-state index contributed by atoms with van der Waals surface area (Å²) in [7, 11) is -3.67. The third-order valence-electron chi connectivity index (χ3n) is 6.97. The highest BCUT2D eigenvalue weighted by molar-refractivity contribution is 7.54. The van der Waals surface area contributed by atoms with E-state index in [1.54, 1.807) is 37.1 Å². The van der Waals surface area contributed by atoms with Gasteiger partial charge in [0.15, 0.2) is 0 Å². The van der Waals surface area contributed by atoms with Crippen molar-refractivity contribution < 1.29 is 27.6 Å². The third-order valence-corrected chi connectivity index (χ3v) is 9.40. The molecule has 1 aromatic heterocycles. The number of hydroxylamine groups is 2. The molecule has 2 heterocycles. The van der Waals surface area contributed by atoms with Crippen molar-refractivity contribution in [3.8, 4) is 0 Å². The van der Waals surface area contributed by atoms with Crippen LogP contribution < -0.4 is 11.2 Å². The monoisotopic (exact) mass is 595 g/mol. The number of benzene rings is 3. The van der Waals surface area contributed by atoms with Crippen molar-refractivity contribution in [3.63, 3.8) is 0 Å². The molecule has 0 unspecified atom stereocenters. The summed E-state index contributed by atoms with van der Waals surface area (Å²) in [5.41, 5.74) is -0.645. The van der Waals surface area contributed by atoms with Crippen LogP contribution in [0.15, 0.2) is 88.5 Å². The smallest absolute Gasteiger partial charge is 0.308 e. The molecule has 0 saturated carbocycles. The van der Waals surface area contributed by atoms with Gasteiger partial charge in [0.2, 0.25) is 0 Å². The van der Waals surface area contributed by atoms with E-state index in [0.717, 1.165) is 17.7 Å². The molecule has 220 valence electrons. The summed E-state index contributed by atoms with van der Waals surface area (Å²) in [5.74, 6) is -2.39. The lowest BCUT2D eigenvalue weighted by Gasteiger charge is -2.28. The van der Waals surface area contributed by atoms with E-state index in [1.165, 1.54) is 22.8 Å². The molecule has 1 aliphatic rings. The number of halogens is 1. The molecule has 0 N–H and O–H groups in total. The van der Waals surface area contributed by atoms with Gasteiger partial charge in [-0.3, -0.25) is 23.6 Å². The van der Waals surface area contributed by atoms with Crippen LogP contribution in [0.25, 0.3) is 10.9 Å². The summed E-state index contributed by atoms with van der Waals surface area (Å²) < 4.78 is 40.9. The van der Waals surface area contributed by atoms with Crippen molar-refractivity contribution in [2.75, 3.05) is 13.2 Å². The van der Waals surface area contributed by atoms with E-state index in [1.807, 2.05) is 30.3 Å². The number of rotatable bonds is 10. The number of carbonyl (C=O) groups is 1. The molecule has 0 spiro atoms. The first-order chi connectivity index (χ1) is 20.3. The van der Waals surface area contributed by atoms with Crippen LogP contribution >= 0.6 is 7.60 Å². The van der Waals surface area contributed by atoms with Crippen molar-refractivity contribution in [2.24, 2.45) is 0 Å². The van der Waals surface area contributed by atoms with Crippen molar-refractivity contribution >= 4 is 24.4 Å². The summed E-state index contributed by atoms with van der Waals surface area (Å²) in [6.45, 7) is 3.98. The predicted molar refractivity (Wildman–Crippen MR) is 155 cm³/mol. The molecule has 0 aliphatic carbocycles. The molecule has 0 bridgehead atoms. The molecule has 5 rings (SSSR count). The van der Waals surface area contributed by atoms with Gasteiger partial charge in [0.05, 0.1) is 43.3 Å². The van der Waals surface area contributed by atoms with Gasteiger partial charge in [0.25, 0.3) is 11.5 Å². The SMILES string of the molecule is CCOP(=O)(OCC)[C@@H]1C[C@@H](Cn2c(=O)n(C(=O)c3cccc(F)c3)c(=O)c3ccccc32)ON1Cc1ccccc1. The zero-order valence-corrected chi connectivity index (χ0v) is 24.1. The summed E-state index contributed by atoms with van der Waals surface area (Å²) in [6, 6.07) is 20.7. The molecule has 12 heteroatoms. The van der Waals surface area contributed by atoms with Crippen LogP contribution in [0.2, 0.25) is 0 Å². The molecule has 4 aromatic rings. The maximum Gasteiger partial charge on any atom is 0.350 e. The number of aromatic nitrogens is 2. The summed E-state index contributed by atoms with van der Waals surface area (Å²) in [4.78, 5) is 46.7. The number of hydrogen-bond donors (Lipinski definition) is 0. The topological polar surface area (TPSA) is 109 Å². The van der Waals surface area contributed by atoms with E-state index in [0.29, 0.717) is 10.1 Å². The zero-order chi connectivity index (χ0) is 29.9. The Kier molecular flexibility index (Phi) is 8.96. The van der Waals surface area contributed by atoms with Crippen LogP contribution in [0.1, 0.15) is 36.2 Å². The Bertz CT molecular complexity index is 1750. The molecule has 3 aromatic carbocycles. The Labute approximate surface area is 241 Å². The third kappa shape index (κ3) is 5.92. The molecule has 0 radical (unpaired) electrons. The fourth-order valence-corrected chi connectivity index (χ4v) is 7.24. The first-order valence-corrected chi connectivity index (χ1v) is 15.3. The highest BCUT2D eigenvalue weighted by Gasteiger charge is 2.47. The van der Waals surface area contributed by atoms with Gasteiger partial charge < -0.3 is 9.05 Å². The van der Waals surface area contributed by atoms with E-state index in [9.17, 15) is 23.3 Å². The van der Waals surface area contributed by atoms with Gasteiger partial charge in [-0.05, 0) is 49.7 Å². The predicted octanol–water partition coefficient (Wildman–Crippen LogP) is 4.79. The molecular formula is C30H31FN3O7P. The van der Waals surface area contributed by atoms with Gasteiger partial charge >= 0.3 is 13.3 Å². The van der Waals surface area contributed by atoms with E-state index < -0.39 is 42.5 Å². The molecule has 42 heavy (non-hydrogen) atoms. The molecular weight excluding hydrogens is 564 g/mol. The fourth-order valence-electron chi connectivity index (χ4n) is 5.16. The maximum atomic E-state index is 13.9. The highest BCUT2D eigenvalue weighted by atomic mass is 31.2. The second-order valence-electron chi connectivity index (χ2n) is 9.75. The normalized spacial score (nSPS) is 17.6. The molecule has 1 saturated heterocycles. The lowest BCUT2D eigenvalue weighted by atomic mass is 10.2. The summed E-state index contributed by atoms with van der Waals surface area (Å²) in [6.07, 6.45) is -0.508. The minimum absolute atomic E-state index is 0.0733. The minimum atomic E-state index is -3.67. The number of para-hydroxylation sites is 1. The van der Waals surface area contributed by atoms with Crippen molar-refractivity contribution in [2.45, 2.75) is 45.2 Å². The van der Waals surface area contributed by atoms with Crippen molar-refractivity contribution in [1.29, 1.82) is 0 Å². The Morgan fingerprint density at radius 3 is 2.36 bits per heavy atom. The van der Waals surface area contributed by atoms with Crippen LogP contribution in [-0.4, -0.2) is 45.2 Å². The summed E-state index contributed by atoms with van der Waals surface area (Å²) >= 11 is 0. The molecule has 10 nitrogen and oxygen atoms in total. The number of carbonyl (C=O) groups excluding carboxylic acids is 1. The van der Waals surface area contributed by atoms with E-state index in [2.05, 4.69) is 0 Å². The van der Waals surface area contributed by atoms with Gasteiger partial charge in [0, 0.05) is 12.0 Å². The summed E-state index contributed by atoms with van der Waals surface area (Å²) in [5, 5.41) is 1.69. The maximum absolute atomic E-state index is 13.9. The molecule has 2 atom stereocenters. The van der Waals surface area contributed by atoms with Crippen molar-refractivity contribution in [3.05, 3.63) is 117 Å². The van der Waals surface area contributed by atoms with Crippen LogP contribution in [-0.2, 0) is 31.5 Å². The molecule has 1 fully saturated rings. The van der Waals surface area contributed by atoms with Crippen LogP contribution in [0.5, 0.6) is 0 Å². The van der Waals surface area contributed by atoms with Gasteiger partial charge in [-0.15, -0.1) is 0 Å². The zero-order valence-electron chi connectivity index (χ0n) is 23.2. The number of fused-ring (bicyclic) bond motifs is 1. The van der Waals surface area contributed by atoms with Crippen LogP contribution in [0.4, 0.5) is 4.39 Å². The van der Waals surface area contributed by atoms with Crippen LogP contribution in [0.3, 0.4) is 0 Å². The molecule has 1 aliphatic heterocycles. The van der Waals surface area contributed by atoms with Crippen LogP contribution in [0, 0.1) is 5.82 Å². The quantitative estimate of drug-likeness (QED) is 0.241. The second kappa shape index (κ2) is 12.6. The number of hydrogen-bond acceptors (Lipinski definition) is 8. The van der Waals surface area contributed by atoms with Gasteiger partial charge in [-0.25, -0.2) is 9.18 Å². The molecule has 0 amide bonds. The first-order valence-electron chi connectivity index (χ1n) is 13.7. The first kappa shape index (κ1) is 29.8. The minimum Gasteiger partial charge on any atom is -0.308 e. The fraction of sp³-hybridized carbons (Fsp3) is 0.300. The van der Waals surface area contributed by atoms with E-state index >= 15 is 0 Å². The Morgan fingerprint density at radius 2 is 1.67 bits per heavy atom. The van der Waals surface area contributed by atoms with Gasteiger partial charge in [-0.2, -0.15) is 9.63 Å².